The first-order chi connectivity index (χ1) is 9.83. The van der Waals surface area contributed by atoms with Crippen molar-refractivity contribution in [3.05, 3.63) is 36.5 Å². The van der Waals surface area contributed by atoms with E-state index >= 15 is 0 Å². The maximum atomic E-state index is 4.20. The first-order valence-electron chi connectivity index (χ1n) is 7.04. The molecule has 1 N–H and O–H groups in total. The Morgan fingerprint density at radius 2 is 2.40 bits per heavy atom. The second-order valence-electron chi connectivity index (χ2n) is 5.24. The van der Waals surface area contributed by atoms with Crippen LogP contribution in [0.15, 0.2) is 30.9 Å². The summed E-state index contributed by atoms with van der Waals surface area (Å²) in [7, 11) is 2.02. The van der Waals surface area contributed by atoms with Crippen LogP contribution in [0.3, 0.4) is 0 Å². The van der Waals surface area contributed by atoms with Gasteiger partial charge in [0.15, 0.2) is 5.82 Å². The van der Waals surface area contributed by atoms with Gasteiger partial charge in [0.25, 0.3) is 0 Å². The second kappa shape index (κ2) is 6.00. The van der Waals surface area contributed by atoms with Gasteiger partial charge in [-0.25, -0.2) is 4.98 Å². The van der Waals surface area contributed by atoms with E-state index in [1.165, 1.54) is 18.5 Å². The second-order valence-corrected chi connectivity index (χ2v) is 5.24. The minimum absolute atomic E-state index is 0.487. The molecular formula is C14H20N6. The minimum atomic E-state index is 0.487. The van der Waals surface area contributed by atoms with Crippen LogP contribution in [0.1, 0.15) is 18.5 Å². The van der Waals surface area contributed by atoms with Crippen LogP contribution in [-0.2, 0) is 13.6 Å². The Balaban J connectivity index is 1.57. The molecule has 1 aliphatic rings. The molecule has 0 spiro atoms. The number of imidazole rings is 1. The topological polar surface area (TPSA) is 58.9 Å². The van der Waals surface area contributed by atoms with Crippen molar-refractivity contribution in [3.8, 4) is 0 Å². The van der Waals surface area contributed by atoms with Crippen molar-refractivity contribution >= 4 is 5.82 Å². The lowest BCUT2D eigenvalue weighted by Gasteiger charge is -2.33. The molecule has 1 unspecified atom stereocenters. The Bertz CT molecular complexity index is 538. The molecule has 6 heteroatoms. The third-order valence-corrected chi connectivity index (χ3v) is 3.79. The van der Waals surface area contributed by atoms with Gasteiger partial charge in [0.05, 0.1) is 12.0 Å². The van der Waals surface area contributed by atoms with Gasteiger partial charge in [-0.3, -0.25) is 0 Å². The van der Waals surface area contributed by atoms with Crippen LogP contribution in [0.4, 0.5) is 5.82 Å². The molecule has 2 aromatic heterocycles. The fraction of sp³-hybridized carbons (Fsp3) is 0.500. The summed E-state index contributed by atoms with van der Waals surface area (Å²) >= 11 is 0. The third kappa shape index (κ3) is 2.96. The molecule has 0 aliphatic carbocycles. The van der Waals surface area contributed by atoms with E-state index in [1.807, 2.05) is 31.7 Å². The predicted molar refractivity (Wildman–Crippen MR) is 77.3 cm³/mol. The Kier molecular flexibility index (Phi) is 3.92. The first kappa shape index (κ1) is 13.1. The molecule has 1 fully saturated rings. The molecule has 2 aromatic rings. The molecule has 3 heterocycles. The Hall–Kier alpha value is -1.95. The van der Waals surface area contributed by atoms with Crippen LogP contribution in [0.25, 0.3) is 0 Å². The highest BCUT2D eigenvalue weighted by molar-refractivity contribution is 5.37. The van der Waals surface area contributed by atoms with Crippen molar-refractivity contribution in [1.82, 2.24) is 25.1 Å². The summed E-state index contributed by atoms with van der Waals surface area (Å²) in [4.78, 5) is 6.45. The van der Waals surface area contributed by atoms with Crippen LogP contribution < -0.4 is 10.2 Å². The quantitative estimate of drug-likeness (QED) is 0.898. The molecule has 0 bridgehead atoms. The molecule has 0 amide bonds. The number of anilines is 1. The number of aryl methyl sites for hydroxylation is 1. The molecule has 1 aliphatic heterocycles. The van der Waals surface area contributed by atoms with E-state index in [9.17, 15) is 0 Å². The average Bonchev–Trinajstić information content (AvgIpc) is 2.92. The van der Waals surface area contributed by atoms with Gasteiger partial charge < -0.3 is 14.8 Å². The Labute approximate surface area is 118 Å². The van der Waals surface area contributed by atoms with E-state index in [-0.39, 0.29) is 0 Å². The number of hydrogen-bond donors (Lipinski definition) is 1. The summed E-state index contributed by atoms with van der Waals surface area (Å²) in [5, 5.41) is 11.8. The minimum Gasteiger partial charge on any atom is -0.354 e. The molecule has 0 aromatic carbocycles. The number of rotatable bonds is 4. The normalized spacial score (nSPS) is 19.2. The zero-order chi connectivity index (χ0) is 13.8. The van der Waals surface area contributed by atoms with Crippen molar-refractivity contribution in [3.63, 3.8) is 0 Å². The molecule has 20 heavy (non-hydrogen) atoms. The molecule has 6 nitrogen and oxygen atoms in total. The maximum Gasteiger partial charge on any atom is 0.151 e. The van der Waals surface area contributed by atoms with Crippen LogP contribution in [-0.4, -0.2) is 38.9 Å². The van der Waals surface area contributed by atoms with Crippen LogP contribution in [0, 0.1) is 0 Å². The highest BCUT2D eigenvalue weighted by Crippen LogP contribution is 2.16. The summed E-state index contributed by atoms with van der Waals surface area (Å²) in [6.07, 6.45) is 7.85. The molecule has 3 rings (SSSR count). The number of nitrogens with zero attached hydrogens (tertiary/aromatic N) is 5. The zero-order valence-electron chi connectivity index (χ0n) is 11.7. The van der Waals surface area contributed by atoms with E-state index in [0.717, 1.165) is 25.5 Å². The number of piperidine rings is 1. The smallest absolute Gasteiger partial charge is 0.151 e. The van der Waals surface area contributed by atoms with E-state index in [2.05, 4.69) is 30.0 Å². The van der Waals surface area contributed by atoms with Gasteiger partial charge in [0.2, 0.25) is 0 Å². The summed E-state index contributed by atoms with van der Waals surface area (Å²) in [5.74, 6) is 0.972. The molecule has 0 radical (unpaired) electrons. The third-order valence-electron chi connectivity index (χ3n) is 3.79. The maximum absolute atomic E-state index is 4.20. The largest absolute Gasteiger partial charge is 0.354 e. The van der Waals surface area contributed by atoms with Crippen LogP contribution in [0.5, 0.6) is 0 Å². The van der Waals surface area contributed by atoms with Crippen molar-refractivity contribution in [2.75, 3.05) is 18.0 Å². The van der Waals surface area contributed by atoms with Gasteiger partial charge in [-0.1, -0.05) is 0 Å². The van der Waals surface area contributed by atoms with Gasteiger partial charge in [-0.2, -0.15) is 5.10 Å². The molecule has 0 saturated carbocycles. The fourth-order valence-electron chi connectivity index (χ4n) is 2.62. The number of aromatic nitrogens is 4. The monoisotopic (exact) mass is 272 g/mol. The van der Waals surface area contributed by atoms with E-state index in [4.69, 9.17) is 0 Å². The van der Waals surface area contributed by atoms with Gasteiger partial charge in [-0.15, -0.1) is 5.10 Å². The van der Waals surface area contributed by atoms with E-state index < -0.39 is 0 Å². The number of nitrogens with one attached hydrogen (secondary N) is 1. The molecule has 106 valence electrons. The fourth-order valence-corrected chi connectivity index (χ4v) is 2.62. The lowest BCUT2D eigenvalue weighted by atomic mass is 10.1. The summed E-state index contributed by atoms with van der Waals surface area (Å²) in [6, 6.07) is 4.45. The summed E-state index contributed by atoms with van der Waals surface area (Å²) in [5.41, 5.74) is 1.21. The average molecular weight is 272 g/mol. The Morgan fingerprint density at radius 3 is 3.15 bits per heavy atom. The van der Waals surface area contributed by atoms with Crippen molar-refractivity contribution in [2.45, 2.75) is 25.4 Å². The summed E-state index contributed by atoms with van der Waals surface area (Å²) < 4.78 is 2.05. The van der Waals surface area contributed by atoms with Gasteiger partial charge in [0, 0.05) is 45.1 Å². The van der Waals surface area contributed by atoms with Gasteiger partial charge in [-0.05, 0) is 25.0 Å². The van der Waals surface area contributed by atoms with Crippen molar-refractivity contribution in [2.24, 2.45) is 7.05 Å². The standard InChI is InChI=1S/C14H20N6/c1-19-11-15-8-13(19)9-16-12-4-3-7-20(10-12)14-5-2-6-17-18-14/h2,5-6,8,11-12,16H,3-4,7,9-10H2,1H3. The first-order valence-corrected chi connectivity index (χ1v) is 7.04. The highest BCUT2D eigenvalue weighted by atomic mass is 15.3. The van der Waals surface area contributed by atoms with Gasteiger partial charge in [0.1, 0.15) is 0 Å². The Morgan fingerprint density at radius 1 is 1.45 bits per heavy atom. The van der Waals surface area contributed by atoms with Crippen LogP contribution >= 0.6 is 0 Å². The molecule has 1 atom stereocenters. The highest BCUT2D eigenvalue weighted by Gasteiger charge is 2.20. The lowest BCUT2D eigenvalue weighted by molar-refractivity contribution is 0.415. The predicted octanol–water partition coefficient (Wildman–Crippen LogP) is 0.969. The van der Waals surface area contributed by atoms with E-state index in [1.54, 1.807) is 6.20 Å². The van der Waals surface area contributed by atoms with Crippen LogP contribution in [0.2, 0.25) is 0 Å². The van der Waals surface area contributed by atoms with Gasteiger partial charge >= 0.3 is 0 Å². The van der Waals surface area contributed by atoms with E-state index in [0.29, 0.717) is 6.04 Å². The SMILES string of the molecule is Cn1cncc1CNC1CCCN(c2cccnn2)C1. The lowest BCUT2D eigenvalue weighted by Crippen LogP contribution is -2.46. The summed E-state index contributed by atoms with van der Waals surface area (Å²) in [6.45, 7) is 2.90. The molecular weight excluding hydrogens is 252 g/mol. The van der Waals surface area contributed by atoms with Crippen molar-refractivity contribution < 1.29 is 0 Å². The zero-order valence-corrected chi connectivity index (χ0v) is 11.7. The van der Waals surface area contributed by atoms with Crippen molar-refractivity contribution in [1.29, 1.82) is 0 Å². The molecule has 1 saturated heterocycles. The number of hydrogen-bond acceptors (Lipinski definition) is 5.